The van der Waals surface area contributed by atoms with Gasteiger partial charge < -0.3 is 10.6 Å². The molecule has 0 atom stereocenters. The van der Waals surface area contributed by atoms with E-state index in [4.69, 9.17) is 17.3 Å². The monoisotopic (exact) mass is 198 g/mol. The van der Waals surface area contributed by atoms with Crippen molar-refractivity contribution in [1.29, 1.82) is 0 Å². The van der Waals surface area contributed by atoms with Crippen molar-refractivity contribution in [1.82, 2.24) is 0 Å². The van der Waals surface area contributed by atoms with E-state index in [-0.39, 0.29) is 0 Å². The first-order valence-corrected chi connectivity index (χ1v) is 4.77. The van der Waals surface area contributed by atoms with Crippen molar-refractivity contribution >= 4 is 17.3 Å². The van der Waals surface area contributed by atoms with Crippen LogP contribution >= 0.6 is 11.6 Å². The summed E-state index contributed by atoms with van der Waals surface area (Å²) in [6.07, 6.45) is 0. The molecule has 1 aromatic rings. The molecular weight excluding hydrogens is 184 g/mol. The summed E-state index contributed by atoms with van der Waals surface area (Å²) in [6, 6.07) is 5.86. The molecule has 3 heteroatoms. The third-order valence-corrected chi connectivity index (χ3v) is 2.54. The fourth-order valence-corrected chi connectivity index (χ4v) is 1.52. The fraction of sp³-hybridized carbons (Fsp3) is 0.400. The average Bonchev–Trinajstić information content (AvgIpc) is 2.16. The van der Waals surface area contributed by atoms with Gasteiger partial charge in [-0.15, -0.1) is 0 Å². The Morgan fingerprint density at radius 1 is 1.46 bits per heavy atom. The lowest BCUT2D eigenvalue weighted by molar-refractivity contribution is 0.941. The first-order valence-electron chi connectivity index (χ1n) is 4.39. The van der Waals surface area contributed by atoms with Crippen LogP contribution in [0, 0.1) is 0 Å². The molecular formula is C10H15ClN2. The minimum Gasteiger partial charge on any atom is -0.375 e. The normalized spacial score (nSPS) is 10.2. The van der Waals surface area contributed by atoms with Gasteiger partial charge in [-0.25, -0.2) is 0 Å². The van der Waals surface area contributed by atoms with Crippen molar-refractivity contribution in [3.63, 3.8) is 0 Å². The Balaban J connectivity index is 3.12. The third kappa shape index (κ3) is 2.14. The Hall–Kier alpha value is -0.730. The molecule has 0 aliphatic carbocycles. The molecule has 1 aromatic carbocycles. The van der Waals surface area contributed by atoms with E-state index in [1.165, 1.54) is 0 Å². The molecule has 0 saturated heterocycles. The second-order valence-corrected chi connectivity index (χ2v) is 3.36. The molecule has 0 bridgehead atoms. The van der Waals surface area contributed by atoms with Crippen molar-refractivity contribution in [2.75, 3.05) is 18.5 Å². The third-order valence-electron chi connectivity index (χ3n) is 2.18. The zero-order chi connectivity index (χ0) is 9.84. The topological polar surface area (TPSA) is 29.3 Å². The van der Waals surface area contributed by atoms with Crippen LogP contribution in [0.4, 0.5) is 5.69 Å². The molecule has 2 nitrogen and oxygen atoms in total. The van der Waals surface area contributed by atoms with Gasteiger partial charge in [0.2, 0.25) is 0 Å². The van der Waals surface area contributed by atoms with Gasteiger partial charge in [0, 0.05) is 36.4 Å². The van der Waals surface area contributed by atoms with Gasteiger partial charge in [-0.05, 0) is 19.1 Å². The number of rotatable bonds is 3. The van der Waals surface area contributed by atoms with Crippen molar-refractivity contribution in [2.45, 2.75) is 13.5 Å². The Kier molecular flexibility index (Phi) is 3.58. The smallest absolute Gasteiger partial charge is 0.0471 e. The minimum atomic E-state index is 0.485. The van der Waals surface area contributed by atoms with Crippen molar-refractivity contribution in [3.05, 3.63) is 28.8 Å². The second-order valence-electron chi connectivity index (χ2n) is 2.96. The van der Waals surface area contributed by atoms with Gasteiger partial charge in [-0.1, -0.05) is 17.7 Å². The van der Waals surface area contributed by atoms with Crippen LogP contribution in [0.15, 0.2) is 18.2 Å². The molecule has 0 unspecified atom stereocenters. The van der Waals surface area contributed by atoms with Crippen LogP contribution in [0.1, 0.15) is 12.5 Å². The van der Waals surface area contributed by atoms with Gasteiger partial charge >= 0.3 is 0 Å². The molecule has 0 amide bonds. The quantitative estimate of drug-likeness (QED) is 0.808. The number of benzene rings is 1. The molecule has 2 N–H and O–H groups in total. The maximum absolute atomic E-state index is 6.02. The molecule has 0 radical (unpaired) electrons. The van der Waals surface area contributed by atoms with Crippen LogP contribution in [0.5, 0.6) is 0 Å². The summed E-state index contributed by atoms with van der Waals surface area (Å²) >= 11 is 6.02. The number of halogens is 1. The largest absolute Gasteiger partial charge is 0.375 e. The molecule has 1 rings (SSSR count). The number of nitrogens with two attached hydrogens (primary N) is 1. The number of hydrogen-bond acceptors (Lipinski definition) is 2. The van der Waals surface area contributed by atoms with E-state index < -0.39 is 0 Å². The highest BCUT2D eigenvalue weighted by atomic mass is 35.5. The highest BCUT2D eigenvalue weighted by Crippen LogP contribution is 2.25. The molecule has 13 heavy (non-hydrogen) atoms. The number of nitrogens with zero attached hydrogens (tertiary/aromatic N) is 1. The second kappa shape index (κ2) is 4.49. The van der Waals surface area contributed by atoms with Gasteiger partial charge in [0.05, 0.1) is 0 Å². The molecule has 0 aromatic heterocycles. The molecule has 72 valence electrons. The predicted molar refractivity (Wildman–Crippen MR) is 58.3 cm³/mol. The summed E-state index contributed by atoms with van der Waals surface area (Å²) in [5, 5.41) is 0.750. The van der Waals surface area contributed by atoms with Crippen LogP contribution in [0.25, 0.3) is 0 Å². The summed E-state index contributed by atoms with van der Waals surface area (Å²) in [5.41, 5.74) is 7.78. The zero-order valence-corrected chi connectivity index (χ0v) is 8.80. The fourth-order valence-electron chi connectivity index (χ4n) is 1.28. The summed E-state index contributed by atoms with van der Waals surface area (Å²) in [5.74, 6) is 0. The predicted octanol–water partition coefficient (Wildman–Crippen LogP) is 2.25. The first-order chi connectivity index (χ1) is 6.20. The van der Waals surface area contributed by atoms with Gasteiger partial charge in [0.25, 0.3) is 0 Å². The molecule has 0 aliphatic rings. The lowest BCUT2D eigenvalue weighted by Crippen LogP contribution is -2.18. The highest BCUT2D eigenvalue weighted by molar-refractivity contribution is 6.31. The number of anilines is 1. The Labute approximate surface area is 84.3 Å². The number of hydrogen-bond donors (Lipinski definition) is 1. The van der Waals surface area contributed by atoms with E-state index in [2.05, 4.69) is 11.8 Å². The van der Waals surface area contributed by atoms with Gasteiger partial charge in [-0.2, -0.15) is 0 Å². The van der Waals surface area contributed by atoms with Gasteiger partial charge in [-0.3, -0.25) is 0 Å². The lowest BCUT2D eigenvalue weighted by atomic mass is 10.1. The van der Waals surface area contributed by atoms with E-state index in [9.17, 15) is 0 Å². The Bertz CT molecular complexity index is 286. The van der Waals surface area contributed by atoms with E-state index in [0.717, 1.165) is 22.8 Å². The van der Waals surface area contributed by atoms with E-state index >= 15 is 0 Å². The van der Waals surface area contributed by atoms with Crippen LogP contribution in [0.3, 0.4) is 0 Å². The van der Waals surface area contributed by atoms with Crippen LogP contribution in [0.2, 0.25) is 5.02 Å². The van der Waals surface area contributed by atoms with Crippen molar-refractivity contribution in [2.24, 2.45) is 5.73 Å². The highest BCUT2D eigenvalue weighted by Gasteiger charge is 2.07. The van der Waals surface area contributed by atoms with Crippen molar-refractivity contribution in [3.8, 4) is 0 Å². The van der Waals surface area contributed by atoms with Gasteiger partial charge in [0.1, 0.15) is 0 Å². The van der Waals surface area contributed by atoms with Crippen LogP contribution in [-0.4, -0.2) is 13.6 Å². The maximum Gasteiger partial charge on any atom is 0.0471 e. The maximum atomic E-state index is 6.02. The molecule has 0 aliphatic heterocycles. The van der Waals surface area contributed by atoms with E-state index in [1.54, 1.807) is 0 Å². The molecule has 0 saturated carbocycles. The summed E-state index contributed by atoms with van der Waals surface area (Å²) in [6.45, 7) is 3.54. The molecule has 0 heterocycles. The Morgan fingerprint density at radius 3 is 2.69 bits per heavy atom. The summed E-state index contributed by atoms with van der Waals surface area (Å²) in [7, 11) is 2.03. The lowest BCUT2D eigenvalue weighted by Gasteiger charge is -2.20. The zero-order valence-electron chi connectivity index (χ0n) is 8.05. The molecule has 0 fully saturated rings. The van der Waals surface area contributed by atoms with E-state index in [0.29, 0.717) is 6.54 Å². The van der Waals surface area contributed by atoms with Gasteiger partial charge in [0.15, 0.2) is 0 Å². The molecule has 0 spiro atoms. The van der Waals surface area contributed by atoms with Crippen LogP contribution in [-0.2, 0) is 6.54 Å². The minimum absolute atomic E-state index is 0.485. The SMILES string of the molecule is CCN(C)c1cccc(Cl)c1CN. The standard InChI is InChI=1S/C10H15ClN2/c1-3-13(2)10-6-4-5-9(11)8(10)7-12/h4-6H,3,7,12H2,1-2H3. The summed E-state index contributed by atoms with van der Waals surface area (Å²) < 4.78 is 0. The first kappa shape index (κ1) is 10.4. The Morgan fingerprint density at radius 2 is 2.15 bits per heavy atom. The van der Waals surface area contributed by atoms with Crippen LogP contribution < -0.4 is 10.6 Å². The average molecular weight is 199 g/mol. The summed E-state index contributed by atoms with van der Waals surface area (Å²) in [4.78, 5) is 2.13. The van der Waals surface area contributed by atoms with E-state index in [1.807, 2.05) is 25.2 Å². The van der Waals surface area contributed by atoms with Crippen molar-refractivity contribution < 1.29 is 0 Å².